The zero-order chi connectivity index (χ0) is 22.0. The number of rotatable bonds is 4. The summed E-state index contributed by atoms with van der Waals surface area (Å²) in [5.41, 5.74) is -0.524. The minimum Gasteiger partial charge on any atom is -0.508 e. The Balaban J connectivity index is 2.38. The van der Waals surface area contributed by atoms with Gasteiger partial charge in [0.05, 0.1) is 0 Å². The average Bonchev–Trinajstić information content (AvgIpc) is 2.63. The van der Waals surface area contributed by atoms with E-state index in [0.717, 1.165) is 13.8 Å². The largest absolute Gasteiger partial charge is 0.508 e. The van der Waals surface area contributed by atoms with Gasteiger partial charge in [0.15, 0.2) is 5.76 Å². The molecule has 0 atom stereocenters. The van der Waals surface area contributed by atoms with Gasteiger partial charge in [-0.2, -0.15) is 0 Å². The number of esters is 3. The van der Waals surface area contributed by atoms with Crippen molar-refractivity contribution in [2.24, 2.45) is 0 Å². The maximum atomic E-state index is 13.2. The molecule has 0 unspecified atom stereocenters. The van der Waals surface area contributed by atoms with Gasteiger partial charge >= 0.3 is 17.9 Å². The van der Waals surface area contributed by atoms with Gasteiger partial charge in [-0.25, -0.2) is 0 Å². The number of phenols is 1. The Labute approximate surface area is 169 Å². The average molecular weight is 412 g/mol. The first-order valence-corrected chi connectivity index (χ1v) is 8.65. The number of carbonyl (C=O) groups excluding carboxylic acids is 3. The van der Waals surface area contributed by atoms with Gasteiger partial charge in [0.1, 0.15) is 28.2 Å². The van der Waals surface area contributed by atoms with Gasteiger partial charge in [-0.3, -0.25) is 19.2 Å². The molecule has 3 rings (SSSR count). The quantitative estimate of drug-likeness (QED) is 0.508. The van der Waals surface area contributed by atoms with Gasteiger partial charge in [0.25, 0.3) is 0 Å². The maximum absolute atomic E-state index is 13.2. The number of carbonyl (C=O) groups is 3. The van der Waals surface area contributed by atoms with E-state index in [-0.39, 0.29) is 34.0 Å². The Bertz CT molecular complexity index is 1220. The Morgan fingerprint density at radius 1 is 0.867 bits per heavy atom. The molecule has 0 saturated carbocycles. The van der Waals surface area contributed by atoms with Crippen molar-refractivity contribution in [3.05, 3.63) is 46.6 Å². The molecule has 9 nitrogen and oxygen atoms in total. The monoisotopic (exact) mass is 412 g/mol. The normalized spacial score (nSPS) is 10.5. The summed E-state index contributed by atoms with van der Waals surface area (Å²) in [6.45, 7) is 3.42. The molecule has 0 aliphatic carbocycles. The fraction of sp³-hybridized carbons (Fsp3) is 0.143. The summed E-state index contributed by atoms with van der Waals surface area (Å²) in [5, 5.41) is 9.33. The summed E-state index contributed by atoms with van der Waals surface area (Å²) in [6.07, 6.45) is 0. The molecular weight excluding hydrogens is 396 g/mol. The van der Waals surface area contributed by atoms with Crippen LogP contribution in [-0.4, -0.2) is 23.0 Å². The third-order valence-electron chi connectivity index (χ3n) is 3.78. The van der Waals surface area contributed by atoms with E-state index in [4.69, 9.17) is 18.6 Å². The number of hydrogen-bond donors (Lipinski definition) is 1. The highest BCUT2D eigenvalue weighted by Gasteiger charge is 2.23. The van der Waals surface area contributed by atoms with Crippen LogP contribution in [0.5, 0.6) is 23.0 Å². The molecule has 0 fully saturated rings. The van der Waals surface area contributed by atoms with Crippen LogP contribution in [0.2, 0.25) is 0 Å². The predicted molar refractivity (Wildman–Crippen MR) is 104 cm³/mol. The lowest BCUT2D eigenvalue weighted by molar-refractivity contribution is -0.133. The molecule has 1 aromatic heterocycles. The zero-order valence-corrected chi connectivity index (χ0v) is 16.2. The predicted octanol–water partition coefficient (Wildman–Crippen LogP) is 2.94. The van der Waals surface area contributed by atoms with Crippen LogP contribution in [0.1, 0.15) is 20.8 Å². The van der Waals surface area contributed by atoms with Crippen LogP contribution in [0.15, 0.2) is 45.6 Å². The van der Waals surface area contributed by atoms with E-state index in [1.807, 2.05) is 0 Å². The Morgan fingerprint density at radius 3 is 2.03 bits per heavy atom. The number of hydrogen-bond acceptors (Lipinski definition) is 9. The van der Waals surface area contributed by atoms with Crippen LogP contribution in [0.3, 0.4) is 0 Å². The van der Waals surface area contributed by atoms with E-state index in [1.165, 1.54) is 43.3 Å². The van der Waals surface area contributed by atoms with Crippen LogP contribution in [0.25, 0.3) is 22.3 Å². The molecule has 0 spiro atoms. The van der Waals surface area contributed by atoms with Crippen molar-refractivity contribution in [1.29, 1.82) is 0 Å². The van der Waals surface area contributed by atoms with Crippen molar-refractivity contribution in [3.63, 3.8) is 0 Å². The highest BCUT2D eigenvalue weighted by atomic mass is 16.6. The molecule has 0 bridgehead atoms. The molecule has 2 aromatic carbocycles. The molecular formula is C21H16O9. The van der Waals surface area contributed by atoms with E-state index in [0.29, 0.717) is 5.56 Å². The molecule has 30 heavy (non-hydrogen) atoms. The highest BCUT2D eigenvalue weighted by Crippen LogP contribution is 2.37. The smallest absolute Gasteiger partial charge is 0.308 e. The first-order chi connectivity index (χ1) is 14.2. The summed E-state index contributed by atoms with van der Waals surface area (Å²) < 4.78 is 21.0. The summed E-state index contributed by atoms with van der Waals surface area (Å²) in [7, 11) is 0. The maximum Gasteiger partial charge on any atom is 0.308 e. The van der Waals surface area contributed by atoms with Crippen molar-refractivity contribution in [2.75, 3.05) is 0 Å². The van der Waals surface area contributed by atoms with Gasteiger partial charge in [-0.05, 0) is 24.3 Å². The standard InChI is InChI=1S/C21H16O9/c1-10(22)27-15-8-16(28-11(2)23)18-17(9-15)30-20(13-4-6-14(25)7-5-13)21(19(18)26)29-12(3)24/h4-9,25H,1-3H3. The molecule has 1 N–H and O–H groups in total. The van der Waals surface area contributed by atoms with Crippen molar-refractivity contribution in [2.45, 2.75) is 20.8 Å². The number of phenolic OH excluding ortho intramolecular Hbond substituents is 1. The zero-order valence-electron chi connectivity index (χ0n) is 16.2. The molecule has 0 saturated heterocycles. The second kappa shape index (κ2) is 8.08. The molecule has 154 valence electrons. The number of aromatic hydroxyl groups is 1. The summed E-state index contributed by atoms with van der Waals surface area (Å²) in [6, 6.07) is 8.07. The van der Waals surface area contributed by atoms with E-state index in [2.05, 4.69) is 0 Å². The van der Waals surface area contributed by atoms with E-state index in [9.17, 15) is 24.3 Å². The van der Waals surface area contributed by atoms with Crippen LogP contribution < -0.4 is 19.6 Å². The highest BCUT2D eigenvalue weighted by molar-refractivity contribution is 5.91. The van der Waals surface area contributed by atoms with Gasteiger partial charge in [0.2, 0.25) is 11.2 Å². The van der Waals surface area contributed by atoms with Crippen molar-refractivity contribution in [1.82, 2.24) is 0 Å². The van der Waals surface area contributed by atoms with Crippen LogP contribution in [-0.2, 0) is 14.4 Å². The van der Waals surface area contributed by atoms with Crippen LogP contribution in [0.4, 0.5) is 0 Å². The van der Waals surface area contributed by atoms with Gasteiger partial charge in [-0.1, -0.05) is 0 Å². The lowest BCUT2D eigenvalue weighted by Gasteiger charge is -2.13. The Hall–Kier alpha value is -4.14. The second-order valence-corrected chi connectivity index (χ2v) is 6.21. The SMILES string of the molecule is CC(=O)Oc1cc(OC(C)=O)c2c(=O)c(OC(C)=O)c(-c3ccc(O)cc3)oc2c1. The minimum atomic E-state index is -0.778. The van der Waals surface area contributed by atoms with E-state index < -0.39 is 29.1 Å². The fourth-order valence-corrected chi connectivity index (χ4v) is 2.74. The molecule has 1 heterocycles. The lowest BCUT2D eigenvalue weighted by Crippen LogP contribution is -2.15. The summed E-state index contributed by atoms with van der Waals surface area (Å²) in [5.74, 6) is -2.93. The third kappa shape index (κ3) is 4.30. The summed E-state index contributed by atoms with van der Waals surface area (Å²) in [4.78, 5) is 47.6. The number of fused-ring (bicyclic) bond motifs is 1. The van der Waals surface area contributed by atoms with E-state index >= 15 is 0 Å². The van der Waals surface area contributed by atoms with Gasteiger partial charge < -0.3 is 23.7 Å². The molecule has 0 amide bonds. The number of ether oxygens (including phenoxy) is 3. The Morgan fingerprint density at radius 2 is 1.47 bits per heavy atom. The Kier molecular flexibility index (Phi) is 5.54. The molecule has 9 heteroatoms. The lowest BCUT2D eigenvalue weighted by atomic mass is 10.1. The molecule has 0 aliphatic heterocycles. The minimum absolute atomic E-state index is 0.0220. The van der Waals surface area contributed by atoms with Crippen molar-refractivity contribution >= 4 is 28.9 Å². The topological polar surface area (TPSA) is 129 Å². The molecule has 3 aromatic rings. The van der Waals surface area contributed by atoms with Gasteiger partial charge in [0, 0.05) is 38.5 Å². The fourth-order valence-electron chi connectivity index (χ4n) is 2.74. The van der Waals surface area contributed by atoms with Crippen molar-refractivity contribution in [3.8, 4) is 34.3 Å². The summed E-state index contributed by atoms with van der Waals surface area (Å²) >= 11 is 0. The first-order valence-electron chi connectivity index (χ1n) is 8.65. The third-order valence-corrected chi connectivity index (χ3v) is 3.78. The molecule has 0 aliphatic rings. The van der Waals surface area contributed by atoms with Crippen molar-refractivity contribution < 1.29 is 38.1 Å². The second-order valence-electron chi connectivity index (χ2n) is 6.21. The van der Waals surface area contributed by atoms with Crippen LogP contribution in [0, 0.1) is 0 Å². The molecule has 0 radical (unpaired) electrons. The van der Waals surface area contributed by atoms with E-state index in [1.54, 1.807) is 0 Å². The first kappa shape index (κ1) is 20.6. The number of benzene rings is 2. The van der Waals surface area contributed by atoms with Crippen LogP contribution >= 0.6 is 0 Å². The van der Waals surface area contributed by atoms with Gasteiger partial charge in [-0.15, -0.1) is 0 Å².